The third kappa shape index (κ3) is 4.18. The Hall–Kier alpha value is -1.10. The molecule has 0 bridgehead atoms. The number of phenolic OH excluding ortho intramolecular Hbond substituents is 1. The van der Waals surface area contributed by atoms with Gasteiger partial charge in [0.15, 0.2) is 6.29 Å². The highest BCUT2D eigenvalue weighted by molar-refractivity contribution is 5.35. The molecule has 0 aromatic heterocycles. The van der Waals surface area contributed by atoms with Gasteiger partial charge in [0, 0.05) is 13.1 Å². The zero-order valence-electron chi connectivity index (χ0n) is 9.48. The van der Waals surface area contributed by atoms with Gasteiger partial charge in [0.1, 0.15) is 5.75 Å². The lowest BCUT2D eigenvalue weighted by Crippen LogP contribution is -2.26. The molecule has 1 aromatic rings. The molecule has 1 aromatic carbocycles. The molecule has 1 rings (SSSR count). The minimum absolute atomic E-state index is 0.126. The van der Waals surface area contributed by atoms with Gasteiger partial charge in [0.25, 0.3) is 0 Å². The van der Waals surface area contributed by atoms with Crippen LogP contribution in [0, 0.1) is 0 Å². The molecule has 16 heavy (non-hydrogen) atoms. The number of hydrogen-bond donors (Lipinski definition) is 4. The van der Waals surface area contributed by atoms with Crippen molar-refractivity contribution in [3.05, 3.63) is 29.3 Å². The van der Waals surface area contributed by atoms with Crippen LogP contribution in [-0.2, 0) is 13.0 Å². The molecule has 4 heteroatoms. The monoisotopic (exact) mass is 225 g/mol. The van der Waals surface area contributed by atoms with E-state index in [1.807, 2.05) is 6.07 Å². The Bertz CT molecular complexity index is 326. The van der Waals surface area contributed by atoms with Gasteiger partial charge >= 0.3 is 0 Å². The van der Waals surface area contributed by atoms with E-state index in [1.165, 1.54) is 5.56 Å². The third-order valence-corrected chi connectivity index (χ3v) is 2.35. The largest absolute Gasteiger partial charge is 0.508 e. The number of aryl methyl sites for hydroxylation is 1. The first-order valence-electron chi connectivity index (χ1n) is 5.51. The van der Waals surface area contributed by atoms with E-state index in [2.05, 4.69) is 12.2 Å². The predicted molar refractivity (Wildman–Crippen MR) is 62.0 cm³/mol. The molecule has 0 radical (unpaired) electrons. The summed E-state index contributed by atoms with van der Waals surface area (Å²) in [6.45, 7) is 2.75. The average molecular weight is 225 g/mol. The highest BCUT2D eigenvalue weighted by Gasteiger charge is 2.04. The van der Waals surface area contributed by atoms with Crippen LogP contribution in [0.5, 0.6) is 5.75 Å². The van der Waals surface area contributed by atoms with Gasteiger partial charge in [0.2, 0.25) is 0 Å². The number of rotatable bonds is 6. The maximum Gasteiger partial charge on any atom is 0.164 e. The number of phenols is 1. The molecule has 0 aliphatic heterocycles. The Morgan fingerprint density at radius 2 is 2.00 bits per heavy atom. The van der Waals surface area contributed by atoms with Crippen molar-refractivity contribution in [2.24, 2.45) is 0 Å². The van der Waals surface area contributed by atoms with E-state index < -0.39 is 6.29 Å². The van der Waals surface area contributed by atoms with Gasteiger partial charge < -0.3 is 20.6 Å². The van der Waals surface area contributed by atoms with Gasteiger partial charge in [-0.3, -0.25) is 0 Å². The number of aliphatic hydroxyl groups is 2. The summed E-state index contributed by atoms with van der Waals surface area (Å²) in [5.74, 6) is 0.237. The van der Waals surface area contributed by atoms with Crippen molar-refractivity contribution in [2.75, 3.05) is 6.54 Å². The first-order chi connectivity index (χ1) is 7.63. The van der Waals surface area contributed by atoms with Gasteiger partial charge in [-0.15, -0.1) is 0 Å². The van der Waals surface area contributed by atoms with Crippen molar-refractivity contribution < 1.29 is 15.3 Å². The Balaban J connectivity index is 2.64. The van der Waals surface area contributed by atoms with Crippen LogP contribution in [-0.4, -0.2) is 28.2 Å². The minimum Gasteiger partial charge on any atom is -0.508 e. The zero-order chi connectivity index (χ0) is 12.0. The molecular weight excluding hydrogens is 206 g/mol. The van der Waals surface area contributed by atoms with Crippen LogP contribution in [0.25, 0.3) is 0 Å². The molecule has 0 heterocycles. The lowest BCUT2D eigenvalue weighted by atomic mass is 10.0. The predicted octanol–water partition coefficient (Wildman–Crippen LogP) is 0.745. The molecule has 0 amide bonds. The molecule has 4 N–H and O–H groups in total. The van der Waals surface area contributed by atoms with E-state index in [1.54, 1.807) is 12.1 Å². The van der Waals surface area contributed by atoms with Crippen LogP contribution in [0.3, 0.4) is 0 Å². The fourth-order valence-electron chi connectivity index (χ4n) is 1.63. The minimum atomic E-state index is -1.34. The molecule has 4 nitrogen and oxygen atoms in total. The number of aliphatic hydroxyl groups excluding tert-OH is 1. The second kappa shape index (κ2) is 6.48. The van der Waals surface area contributed by atoms with Crippen LogP contribution >= 0.6 is 0 Å². The van der Waals surface area contributed by atoms with E-state index >= 15 is 0 Å². The third-order valence-electron chi connectivity index (χ3n) is 2.35. The van der Waals surface area contributed by atoms with Crippen molar-refractivity contribution >= 4 is 0 Å². The first-order valence-corrected chi connectivity index (χ1v) is 5.51. The summed E-state index contributed by atoms with van der Waals surface area (Å²) in [5.41, 5.74) is 2.18. The fraction of sp³-hybridized carbons (Fsp3) is 0.500. The van der Waals surface area contributed by atoms with Crippen molar-refractivity contribution in [3.8, 4) is 5.75 Å². The summed E-state index contributed by atoms with van der Waals surface area (Å²) >= 11 is 0. The molecule has 0 spiro atoms. The van der Waals surface area contributed by atoms with Crippen LogP contribution in [0.15, 0.2) is 18.2 Å². The molecule has 0 fully saturated rings. The van der Waals surface area contributed by atoms with Gasteiger partial charge in [-0.05, 0) is 29.7 Å². The summed E-state index contributed by atoms with van der Waals surface area (Å²) in [4.78, 5) is 0. The number of hydrogen-bond acceptors (Lipinski definition) is 4. The summed E-state index contributed by atoms with van der Waals surface area (Å²) in [6, 6.07) is 5.29. The molecule has 0 unspecified atom stereocenters. The SMILES string of the molecule is CCCc1ccc(O)cc1CNCC(O)O. The van der Waals surface area contributed by atoms with E-state index in [0.29, 0.717) is 6.54 Å². The van der Waals surface area contributed by atoms with Crippen molar-refractivity contribution in [1.29, 1.82) is 0 Å². The maximum atomic E-state index is 9.39. The quantitative estimate of drug-likeness (QED) is 0.539. The number of aromatic hydroxyl groups is 1. The topological polar surface area (TPSA) is 72.7 Å². The van der Waals surface area contributed by atoms with Crippen LogP contribution < -0.4 is 5.32 Å². The van der Waals surface area contributed by atoms with E-state index in [-0.39, 0.29) is 12.3 Å². The molecule has 90 valence electrons. The van der Waals surface area contributed by atoms with Gasteiger partial charge in [-0.2, -0.15) is 0 Å². The summed E-state index contributed by atoms with van der Waals surface area (Å²) in [5, 5.41) is 29.7. The van der Waals surface area contributed by atoms with Crippen molar-refractivity contribution in [2.45, 2.75) is 32.6 Å². The van der Waals surface area contributed by atoms with Gasteiger partial charge in [-0.1, -0.05) is 19.4 Å². The normalized spacial score (nSPS) is 11.0. The van der Waals surface area contributed by atoms with Crippen molar-refractivity contribution in [3.63, 3.8) is 0 Å². The summed E-state index contributed by atoms with van der Waals surface area (Å²) < 4.78 is 0. The Kier molecular flexibility index (Phi) is 5.25. The Labute approximate surface area is 95.6 Å². The Morgan fingerprint density at radius 1 is 1.25 bits per heavy atom. The first kappa shape index (κ1) is 13.0. The van der Waals surface area contributed by atoms with Gasteiger partial charge in [-0.25, -0.2) is 0 Å². The maximum absolute atomic E-state index is 9.39. The highest BCUT2D eigenvalue weighted by atomic mass is 16.5. The smallest absolute Gasteiger partial charge is 0.164 e. The lowest BCUT2D eigenvalue weighted by Gasteiger charge is -2.11. The average Bonchev–Trinajstić information content (AvgIpc) is 2.21. The standard InChI is InChI=1S/C12H19NO3/c1-2-3-9-4-5-11(14)6-10(9)7-13-8-12(15)16/h4-6,12-16H,2-3,7-8H2,1H3. The molecule has 0 aliphatic carbocycles. The van der Waals surface area contributed by atoms with E-state index in [9.17, 15) is 5.11 Å². The number of nitrogens with one attached hydrogen (secondary N) is 1. The second-order valence-electron chi connectivity index (χ2n) is 3.81. The van der Waals surface area contributed by atoms with E-state index in [0.717, 1.165) is 18.4 Å². The van der Waals surface area contributed by atoms with Crippen LogP contribution in [0.1, 0.15) is 24.5 Å². The van der Waals surface area contributed by atoms with Crippen LogP contribution in [0.2, 0.25) is 0 Å². The molecular formula is C12H19NO3. The second-order valence-corrected chi connectivity index (χ2v) is 3.81. The highest BCUT2D eigenvalue weighted by Crippen LogP contribution is 2.17. The molecule has 0 saturated heterocycles. The van der Waals surface area contributed by atoms with Crippen LogP contribution in [0.4, 0.5) is 0 Å². The summed E-state index contributed by atoms with van der Waals surface area (Å²) in [6.07, 6.45) is 0.659. The molecule has 0 aliphatic rings. The molecule has 0 saturated carbocycles. The fourth-order valence-corrected chi connectivity index (χ4v) is 1.63. The summed E-state index contributed by atoms with van der Waals surface area (Å²) in [7, 11) is 0. The zero-order valence-corrected chi connectivity index (χ0v) is 9.48. The molecule has 0 atom stereocenters. The van der Waals surface area contributed by atoms with Crippen molar-refractivity contribution in [1.82, 2.24) is 5.32 Å². The van der Waals surface area contributed by atoms with Gasteiger partial charge in [0.05, 0.1) is 0 Å². The lowest BCUT2D eigenvalue weighted by molar-refractivity contribution is -0.0373. The Morgan fingerprint density at radius 3 is 2.62 bits per heavy atom. The van der Waals surface area contributed by atoms with E-state index in [4.69, 9.17) is 10.2 Å². The number of benzene rings is 1.